The Bertz CT molecular complexity index is 516. The van der Waals surface area contributed by atoms with Crippen LogP contribution in [-0.2, 0) is 10.0 Å². The van der Waals surface area contributed by atoms with Crippen molar-refractivity contribution in [2.45, 2.75) is 57.0 Å². The second-order valence-electron chi connectivity index (χ2n) is 6.85. The molecule has 6 nitrogen and oxygen atoms in total. The monoisotopic (exact) mass is 329 g/mol. The fourth-order valence-corrected chi connectivity index (χ4v) is 5.87. The van der Waals surface area contributed by atoms with Crippen molar-refractivity contribution in [3.63, 3.8) is 0 Å². The maximum absolute atomic E-state index is 12.7. The molecule has 2 saturated heterocycles. The Hall–Kier alpha value is -0.820. The molecule has 0 bridgehead atoms. The van der Waals surface area contributed by atoms with E-state index in [1.54, 1.807) is 4.31 Å². The van der Waals surface area contributed by atoms with Gasteiger partial charge in [-0.3, -0.25) is 0 Å². The minimum Gasteiger partial charge on any atom is -0.325 e. The molecule has 0 radical (unpaired) electrons. The Morgan fingerprint density at radius 3 is 2.41 bits per heavy atom. The SMILES string of the molecule is CN(C(=O)N1CCC[C@@H](N2CCCS2(=O)=O)C1)C1CCCC1. The van der Waals surface area contributed by atoms with Crippen LogP contribution in [0.3, 0.4) is 0 Å². The number of hydrogen-bond acceptors (Lipinski definition) is 3. The fraction of sp³-hybridized carbons (Fsp3) is 0.933. The Morgan fingerprint density at radius 1 is 1.05 bits per heavy atom. The van der Waals surface area contributed by atoms with Crippen molar-refractivity contribution < 1.29 is 13.2 Å². The van der Waals surface area contributed by atoms with Gasteiger partial charge in [-0.25, -0.2) is 13.2 Å². The fourth-order valence-electron chi connectivity index (χ4n) is 4.10. The molecule has 2 amide bonds. The molecule has 126 valence electrons. The van der Waals surface area contributed by atoms with Gasteiger partial charge in [-0.2, -0.15) is 4.31 Å². The predicted molar refractivity (Wildman–Crippen MR) is 85.1 cm³/mol. The molecule has 3 rings (SSSR count). The quantitative estimate of drug-likeness (QED) is 0.771. The first-order valence-corrected chi connectivity index (χ1v) is 10.1. The summed E-state index contributed by atoms with van der Waals surface area (Å²) in [5.74, 6) is 0.263. The van der Waals surface area contributed by atoms with Gasteiger partial charge >= 0.3 is 6.03 Å². The average Bonchev–Trinajstić information content (AvgIpc) is 3.15. The maximum Gasteiger partial charge on any atom is 0.320 e. The van der Waals surface area contributed by atoms with Gasteiger partial charge in [-0.05, 0) is 32.1 Å². The number of rotatable bonds is 2. The lowest BCUT2D eigenvalue weighted by Gasteiger charge is -2.39. The summed E-state index contributed by atoms with van der Waals surface area (Å²) in [6, 6.07) is 0.416. The Kier molecular flexibility index (Phi) is 4.64. The van der Waals surface area contributed by atoms with Crippen LogP contribution in [0.15, 0.2) is 0 Å². The number of urea groups is 1. The van der Waals surface area contributed by atoms with E-state index in [9.17, 15) is 13.2 Å². The Labute approximate surface area is 133 Å². The summed E-state index contributed by atoms with van der Waals surface area (Å²) in [6.07, 6.45) is 7.08. The van der Waals surface area contributed by atoms with Gasteiger partial charge in [0, 0.05) is 38.8 Å². The zero-order valence-corrected chi connectivity index (χ0v) is 14.2. The predicted octanol–water partition coefficient (Wildman–Crippen LogP) is 1.48. The van der Waals surface area contributed by atoms with Gasteiger partial charge in [-0.15, -0.1) is 0 Å². The van der Waals surface area contributed by atoms with Crippen molar-refractivity contribution in [1.82, 2.24) is 14.1 Å². The highest BCUT2D eigenvalue weighted by Gasteiger charge is 2.38. The highest BCUT2D eigenvalue weighted by Crippen LogP contribution is 2.26. The largest absolute Gasteiger partial charge is 0.325 e. The van der Waals surface area contributed by atoms with Gasteiger partial charge < -0.3 is 9.80 Å². The summed E-state index contributed by atoms with van der Waals surface area (Å²) in [5.41, 5.74) is 0. The number of carbonyl (C=O) groups is 1. The van der Waals surface area contributed by atoms with E-state index in [4.69, 9.17) is 0 Å². The van der Waals surface area contributed by atoms with Crippen LogP contribution >= 0.6 is 0 Å². The number of hydrogen-bond donors (Lipinski definition) is 0. The molecule has 0 aromatic rings. The van der Waals surface area contributed by atoms with E-state index in [0.717, 1.165) is 38.6 Å². The van der Waals surface area contributed by atoms with Crippen LogP contribution in [0.5, 0.6) is 0 Å². The van der Waals surface area contributed by atoms with Crippen LogP contribution in [0.25, 0.3) is 0 Å². The Balaban J connectivity index is 1.64. The van der Waals surface area contributed by atoms with Gasteiger partial charge in [0.2, 0.25) is 10.0 Å². The maximum atomic E-state index is 12.7. The number of piperidine rings is 1. The molecule has 1 atom stereocenters. The molecule has 0 aromatic heterocycles. The Morgan fingerprint density at radius 2 is 1.77 bits per heavy atom. The highest BCUT2D eigenvalue weighted by molar-refractivity contribution is 7.89. The van der Waals surface area contributed by atoms with E-state index in [0.29, 0.717) is 19.1 Å². The summed E-state index contributed by atoms with van der Waals surface area (Å²) in [4.78, 5) is 16.4. The third-order valence-corrected chi connectivity index (χ3v) is 7.39. The van der Waals surface area contributed by atoms with Crippen LogP contribution in [0, 0.1) is 0 Å². The molecule has 0 aromatic carbocycles. The summed E-state index contributed by atoms with van der Waals surface area (Å²) >= 11 is 0. The molecule has 3 fully saturated rings. The van der Waals surface area contributed by atoms with Crippen molar-refractivity contribution in [2.75, 3.05) is 32.4 Å². The summed E-state index contributed by atoms with van der Waals surface area (Å²) in [5, 5.41) is 0. The highest BCUT2D eigenvalue weighted by atomic mass is 32.2. The second-order valence-corrected chi connectivity index (χ2v) is 8.90. The van der Waals surface area contributed by atoms with Crippen LogP contribution in [0.2, 0.25) is 0 Å². The molecule has 1 aliphatic carbocycles. The van der Waals surface area contributed by atoms with E-state index in [-0.39, 0.29) is 17.8 Å². The minimum absolute atomic E-state index is 0.0258. The molecule has 2 aliphatic heterocycles. The number of carbonyl (C=O) groups excluding carboxylic acids is 1. The number of nitrogens with zero attached hydrogens (tertiary/aromatic N) is 3. The molecule has 3 aliphatic rings. The third kappa shape index (κ3) is 3.11. The van der Waals surface area contributed by atoms with Crippen LogP contribution in [0.4, 0.5) is 4.79 Å². The lowest BCUT2D eigenvalue weighted by atomic mass is 10.1. The van der Waals surface area contributed by atoms with Gasteiger partial charge in [0.25, 0.3) is 0 Å². The van der Waals surface area contributed by atoms with Gasteiger partial charge in [-0.1, -0.05) is 12.8 Å². The molecule has 1 saturated carbocycles. The van der Waals surface area contributed by atoms with Crippen molar-refractivity contribution in [1.29, 1.82) is 0 Å². The van der Waals surface area contributed by atoms with Crippen molar-refractivity contribution >= 4 is 16.1 Å². The first-order chi connectivity index (χ1) is 10.5. The zero-order chi connectivity index (χ0) is 15.7. The number of likely N-dealkylation sites (tertiary alicyclic amines) is 1. The van der Waals surface area contributed by atoms with E-state index < -0.39 is 10.0 Å². The number of amides is 2. The van der Waals surface area contributed by atoms with Gasteiger partial charge in [0.1, 0.15) is 0 Å². The van der Waals surface area contributed by atoms with Crippen LogP contribution < -0.4 is 0 Å². The molecular formula is C15H27N3O3S. The molecule has 2 heterocycles. The number of sulfonamides is 1. The molecule has 0 unspecified atom stereocenters. The summed E-state index contributed by atoms with van der Waals surface area (Å²) < 4.78 is 25.8. The van der Waals surface area contributed by atoms with Crippen molar-refractivity contribution in [2.24, 2.45) is 0 Å². The lowest BCUT2D eigenvalue weighted by Crippen LogP contribution is -2.54. The second kappa shape index (κ2) is 6.35. The molecular weight excluding hydrogens is 302 g/mol. The van der Waals surface area contributed by atoms with Crippen molar-refractivity contribution in [3.8, 4) is 0 Å². The molecule has 0 spiro atoms. The van der Waals surface area contributed by atoms with Gasteiger partial charge in [0.05, 0.1) is 5.75 Å². The summed E-state index contributed by atoms with van der Waals surface area (Å²) in [6.45, 7) is 1.92. The topological polar surface area (TPSA) is 60.9 Å². The molecule has 22 heavy (non-hydrogen) atoms. The van der Waals surface area contributed by atoms with Crippen LogP contribution in [0.1, 0.15) is 44.9 Å². The minimum atomic E-state index is -3.09. The van der Waals surface area contributed by atoms with Gasteiger partial charge in [0.15, 0.2) is 0 Å². The van der Waals surface area contributed by atoms with E-state index in [1.165, 1.54) is 12.8 Å². The summed E-state index contributed by atoms with van der Waals surface area (Å²) in [7, 11) is -1.19. The average molecular weight is 329 g/mol. The van der Waals surface area contributed by atoms with E-state index >= 15 is 0 Å². The molecule has 0 N–H and O–H groups in total. The van der Waals surface area contributed by atoms with E-state index in [2.05, 4.69) is 0 Å². The van der Waals surface area contributed by atoms with E-state index in [1.807, 2.05) is 16.8 Å². The first kappa shape index (κ1) is 16.1. The standard InChI is InChI=1S/C15H27N3O3S/c1-16(13-6-2-3-7-13)15(19)17-9-4-8-14(12-17)18-10-5-11-22(18,20)21/h13-14H,2-12H2,1H3/t14-/m1/s1. The third-order valence-electron chi connectivity index (χ3n) is 5.39. The normalized spacial score (nSPS) is 29.9. The van der Waals surface area contributed by atoms with Crippen LogP contribution in [-0.4, -0.2) is 73.1 Å². The zero-order valence-electron chi connectivity index (χ0n) is 13.4. The van der Waals surface area contributed by atoms with Crippen molar-refractivity contribution in [3.05, 3.63) is 0 Å². The lowest BCUT2D eigenvalue weighted by molar-refractivity contribution is 0.117. The smallest absolute Gasteiger partial charge is 0.320 e. The molecule has 7 heteroatoms. The first-order valence-electron chi connectivity index (χ1n) is 8.50.